The third-order valence-corrected chi connectivity index (χ3v) is 7.84. The van der Waals surface area contributed by atoms with Gasteiger partial charge in [-0.25, -0.2) is 0 Å². The quantitative estimate of drug-likeness (QED) is 0.290. The fourth-order valence-corrected chi connectivity index (χ4v) is 6.18. The predicted octanol–water partition coefficient (Wildman–Crippen LogP) is 6.82. The fraction of sp³-hybridized carbons (Fsp3) is 0.121. The summed E-state index contributed by atoms with van der Waals surface area (Å²) in [7, 11) is 1.93. The van der Waals surface area contributed by atoms with E-state index >= 15 is 0 Å². The molecule has 1 heterocycles. The lowest BCUT2D eigenvalue weighted by atomic mass is 9.78. The predicted molar refractivity (Wildman–Crippen MR) is 149 cm³/mol. The van der Waals surface area contributed by atoms with Crippen LogP contribution in [0.4, 0.5) is 0 Å². The number of amides is 1. The number of likely N-dealkylation sites (N-methyl/N-ethyl adjacent to an activating group) is 1. The summed E-state index contributed by atoms with van der Waals surface area (Å²) in [5, 5.41) is 13.4. The van der Waals surface area contributed by atoms with E-state index in [1.54, 1.807) is 0 Å². The molecule has 0 bridgehead atoms. The van der Waals surface area contributed by atoms with Gasteiger partial charge in [0.1, 0.15) is 0 Å². The Balaban J connectivity index is 1.69. The lowest BCUT2D eigenvalue weighted by Gasteiger charge is -2.33. The van der Waals surface area contributed by atoms with Gasteiger partial charge in [-0.05, 0) is 66.3 Å². The zero-order valence-electron chi connectivity index (χ0n) is 20.1. The lowest BCUT2D eigenvalue weighted by Crippen LogP contribution is -2.40. The van der Waals surface area contributed by atoms with Crippen LogP contribution in [0.25, 0.3) is 43.1 Å². The van der Waals surface area contributed by atoms with E-state index in [-0.39, 0.29) is 18.0 Å². The summed E-state index contributed by atoms with van der Waals surface area (Å²) in [6.45, 7) is 0.350. The molecule has 0 saturated carbocycles. The van der Waals surface area contributed by atoms with Crippen molar-refractivity contribution in [1.82, 2.24) is 10.2 Å². The first kappa shape index (κ1) is 21.1. The average Bonchev–Trinajstić information content (AvgIpc) is 3.25. The number of carbonyl (C=O) groups is 1. The highest BCUT2D eigenvalue weighted by molar-refractivity contribution is 6.07. The van der Waals surface area contributed by atoms with Crippen molar-refractivity contribution >= 4 is 49.0 Å². The number of nitrogens with zero attached hydrogens (tertiary/aromatic N) is 1. The molecule has 0 spiro atoms. The average molecular weight is 467 g/mol. The van der Waals surface area contributed by atoms with E-state index in [0.717, 1.165) is 0 Å². The van der Waals surface area contributed by atoms with E-state index in [9.17, 15) is 4.79 Å². The van der Waals surface area contributed by atoms with Gasteiger partial charge in [0.15, 0.2) is 0 Å². The molecule has 1 aliphatic rings. The topological polar surface area (TPSA) is 32.3 Å². The second kappa shape index (κ2) is 8.18. The maximum atomic E-state index is 12.9. The second-order valence-electron chi connectivity index (χ2n) is 9.77. The first-order valence-corrected chi connectivity index (χ1v) is 12.5. The van der Waals surface area contributed by atoms with Crippen LogP contribution in [0.5, 0.6) is 0 Å². The summed E-state index contributed by atoms with van der Waals surface area (Å²) in [6, 6.07) is 39.2. The maximum absolute atomic E-state index is 12.9. The molecular formula is C33H26N2O. The molecule has 174 valence electrons. The number of fused-ring (bicyclic) bond motifs is 4. The van der Waals surface area contributed by atoms with Crippen molar-refractivity contribution in [3.8, 4) is 0 Å². The monoisotopic (exact) mass is 466 g/mol. The molecule has 3 heteroatoms. The van der Waals surface area contributed by atoms with Gasteiger partial charge in [-0.3, -0.25) is 10.1 Å². The lowest BCUT2D eigenvalue weighted by molar-refractivity contribution is -0.126. The molecule has 1 atom stereocenters. The molecule has 6 aromatic carbocycles. The molecule has 1 saturated heterocycles. The van der Waals surface area contributed by atoms with Crippen LogP contribution in [0, 0.1) is 0 Å². The molecule has 6 aromatic rings. The van der Waals surface area contributed by atoms with Gasteiger partial charge in [0.2, 0.25) is 5.91 Å². The van der Waals surface area contributed by atoms with Crippen LogP contribution in [0.3, 0.4) is 0 Å². The normalized spacial score (nSPS) is 16.2. The van der Waals surface area contributed by atoms with E-state index in [2.05, 4.69) is 115 Å². The van der Waals surface area contributed by atoms with Crippen molar-refractivity contribution < 1.29 is 4.79 Å². The summed E-state index contributed by atoms with van der Waals surface area (Å²) in [5.74, 6) is 0.0486. The van der Waals surface area contributed by atoms with Gasteiger partial charge >= 0.3 is 0 Å². The number of rotatable bonds is 3. The summed E-state index contributed by atoms with van der Waals surface area (Å²) < 4.78 is 0. The van der Waals surface area contributed by atoms with Gasteiger partial charge in [-0.15, -0.1) is 0 Å². The largest absolute Gasteiger partial charge is 0.328 e. The molecular weight excluding hydrogens is 440 g/mol. The number of carbonyl (C=O) groups excluding carboxylic acids is 1. The van der Waals surface area contributed by atoms with Crippen LogP contribution in [0.2, 0.25) is 0 Å². The zero-order valence-corrected chi connectivity index (χ0v) is 20.1. The Morgan fingerprint density at radius 2 is 1.00 bits per heavy atom. The Morgan fingerprint density at radius 3 is 1.33 bits per heavy atom. The Hall–Kier alpha value is -4.21. The molecule has 0 aromatic heterocycles. The molecule has 1 amide bonds. The van der Waals surface area contributed by atoms with E-state index < -0.39 is 0 Å². The van der Waals surface area contributed by atoms with Gasteiger partial charge in [0.05, 0.1) is 12.7 Å². The highest BCUT2D eigenvalue weighted by Gasteiger charge is 2.38. The van der Waals surface area contributed by atoms with E-state index in [0.29, 0.717) is 6.54 Å². The Morgan fingerprint density at radius 1 is 0.639 bits per heavy atom. The van der Waals surface area contributed by atoms with E-state index in [4.69, 9.17) is 0 Å². The minimum Gasteiger partial charge on any atom is -0.328 e. The summed E-state index contributed by atoms with van der Waals surface area (Å²) >= 11 is 0. The Labute approximate surface area is 210 Å². The van der Waals surface area contributed by atoms with Crippen molar-refractivity contribution in [2.75, 3.05) is 13.6 Å². The fourth-order valence-electron chi connectivity index (χ4n) is 6.18. The van der Waals surface area contributed by atoms with Crippen molar-refractivity contribution in [2.45, 2.75) is 12.1 Å². The molecule has 3 nitrogen and oxygen atoms in total. The van der Waals surface area contributed by atoms with Crippen LogP contribution < -0.4 is 5.32 Å². The summed E-state index contributed by atoms with van der Waals surface area (Å²) in [4.78, 5) is 14.8. The van der Waals surface area contributed by atoms with E-state index in [1.165, 1.54) is 54.2 Å². The molecule has 0 radical (unpaired) electrons. The summed E-state index contributed by atoms with van der Waals surface area (Å²) in [6.07, 6.45) is -0.166. The molecule has 36 heavy (non-hydrogen) atoms. The van der Waals surface area contributed by atoms with Crippen LogP contribution in [-0.4, -0.2) is 30.6 Å². The molecule has 1 unspecified atom stereocenters. The number of nitrogens with one attached hydrogen (secondary N) is 1. The molecule has 7 rings (SSSR count). The van der Waals surface area contributed by atoms with Crippen molar-refractivity contribution in [3.63, 3.8) is 0 Å². The van der Waals surface area contributed by atoms with Crippen LogP contribution >= 0.6 is 0 Å². The van der Waals surface area contributed by atoms with Crippen molar-refractivity contribution in [1.29, 1.82) is 0 Å². The van der Waals surface area contributed by atoms with Gasteiger partial charge in [-0.1, -0.05) is 97.1 Å². The highest BCUT2D eigenvalue weighted by Crippen LogP contribution is 2.45. The third-order valence-electron chi connectivity index (χ3n) is 7.84. The van der Waals surface area contributed by atoms with Crippen molar-refractivity contribution in [3.05, 3.63) is 120 Å². The van der Waals surface area contributed by atoms with Gasteiger partial charge in [-0.2, -0.15) is 0 Å². The van der Waals surface area contributed by atoms with Crippen LogP contribution in [-0.2, 0) is 4.79 Å². The maximum Gasteiger partial charge on any atom is 0.237 e. The second-order valence-corrected chi connectivity index (χ2v) is 9.77. The van der Waals surface area contributed by atoms with Crippen LogP contribution in [0.1, 0.15) is 17.0 Å². The standard InChI is InChI=1S/C33H26N2O/c1-35-29(36)20-34-33(35)32(30-25-14-6-2-10-21(25)18-22-11-3-7-15-26(22)30)31-27-16-8-4-12-23(27)19-24-13-5-9-17-28(24)31/h2-19,32-34H,20H2,1H3. The van der Waals surface area contributed by atoms with Crippen molar-refractivity contribution in [2.24, 2.45) is 0 Å². The number of hydrogen-bond donors (Lipinski definition) is 1. The van der Waals surface area contributed by atoms with E-state index in [1.807, 2.05) is 11.9 Å². The smallest absolute Gasteiger partial charge is 0.237 e. The SMILES string of the molecule is CN1C(=O)CNC1C(c1c2ccccc2cc2ccccc12)c1c2ccccc2cc2ccccc12. The van der Waals surface area contributed by atoms with Crippen LogP contribution in [0.15, 0.2) is 109 Å². The highest BCUT2D eigenvalue weighted by atomic mass is 16.2. The third kappa shape index (κ3) is 3.13. The molecule has 0 aliphatic carbocycles. The first-order chi connectivity index (χ1) is 17.7. The Kier molecular flexibility index (Phi) is 4.80. The van der Waals surface area contributed by atoms with Gasteiger partial charge in [0, 0.05) is 13.0 Å². The Bertz CT molecular complexity index is 1580. The summed E-state index contributed by atoms with van der Waals surface area (Å²) in [5.41, 5.74) is 2.54. The van der Waals surface area contributed by atoms with Gasteiger partial charge in [0.25, 0.3) is 0 Å². The molecule has 1 aliphatic heterocycles. The number of hydrogen-bond acceptors (Lipinski definition) is 2. The zero-order chi connectivity index (χ0) is 24.2. The first-order valence-electron chi connectivity index (χ1n) is 12.5. The molecule has 1 N–H and O–H groups in total. The minimum absolute atomic E-state index is 0.0755. The minimum atomic E-state index is -0.166. The van der Waals surface area contributed by atoms with Gasteiger partial charge < -0.3 is 4.90 Å². The molecule has 1 fully saturated rings. The number of benzene rings is 6.